The van der Waals surface area contributed by atoms with Gasteiger partial charge in [0.1, 0.15) is 12.8 Å². The number of azide groups is 1. The Kier molecular flexibility index (Phi) is 12.8. The van der Waals surface area contributed by atoms with Crippen molar-refractivity contribution >= 4 is 12.0 Å². The summed E-state index contributed by atoms with van der Waals surface area (Å²) in [6.07, 6.45) is 16.9. The summed E-state index contributed by atoms with van der Waals surface area (Å²) in [5, 5.41) is 30.7. The van der Waals surface area contributed by atoms with Gasteiger partial charge in [0.25, 0.3) is 0 Å². The van der Waals surface area contributed by atoms with Crippen molar-refractivity contribution in [2.45, 2.75) is 110 Å². The molecular formula is C35H55N5O6. The van der Waals surface area contributed by atoms with Crippen LogP contribution >= 0.6 is 0 Å². The fraction of sp³-hybridized carbons (Fsp3) is 0.829. The second-order valence-corrected chi connectivity index (χ2v) is 14.7. The zero-order chi connectivity index (χ0) is 33.3. The van der Waals surface area contributed by atoms with Crippen molar-refractivity contribution in [3.63, 3.8) is 0 Å². The highest BCUT2D eigenvalue weighted by atomic mass is 16.6. The number of nitrogens with zero attached hydrogens (tertiary/aromatic N) is 3. The lowest BCUT2D eigenvalue weighted by Crippen LogP contribution is -2.58. The van der Waals surface area contributed by atoms with Crippen LogP contribution in [0.4, 0.5) is 4.79 Å². The number of nitrogens with one attached hydrogen (secondary N) is 2. The van der Waals surface area contributed by atoms with Crippen molar-refractivity contribution in [1.82, 2.24) is 10.6 Å². The van der Waals surface area contributed by atoms with E-state index in [9.17, 15) is 19.8 Å². The topological polar surface area (TPSA) is 166 Å². The van der Waals surface area contributed by atoms with E-state index in [1.54, 1.807) is 0 Å². The van der Waals surface area contributed by atoms with E-state index in [0.29, 0.717) is 55.0 Å². The molecule has 11 heteroatoms. The standard InChI is InChI=1S/C35H55N5O6/c1-5-6-17-45-18-19-46-33(44)39-31(22-37-40-36)38-32(43)10-8-7-9-23(2)27-13-14-28-26-12-11-24-20-25(41)15-16-34(24,3)29(26)21-30(42)35(27,28)4/h1,8,10,23-31,41-42H,6-7,9,11-22H2,2-4H3,(H,38,43)(H,39,44). The number of aliphatic hydroxyl groups excluding tert-OH is 2. The quantitative estimate of drug-likeness (QED) is 0.0373. The number of ether oxygens (including phenoxy) is 2. The van der Waals surface area contributed by atoms with Crippen LogP contribution in [-0.4, -0.2) is 67.0 Å². The first-order chi connectivity index (χ1) is 22.0. The van der Waals surface area contributed by atoms with Crippen LogP contribution < -0.4 is 10.6 Å². The number of hydrogen-bond acceptors (Lipinski definition) is 7. The minimum Gasteiger partial charge on any atom is -0.447 e. The molecule has 0 aliphatic heterocycles. The highest BCUT2D eigenvalue weighted by Gasteiger charge is 2.63. The molecule has 256 valence electrons. The summed E-state index contributed by atoms with van der Waals surface area (Å²) in [5.41, 5.74) is 8.84. The number of terminal acetylenes is 1. The predicted octanol–water partition coefficient (Wildman–Crippen LogP) is 5.47. The summed E-state index contributed by atoms with van der Waals surface area (Å²) in [5.74, 6) is 5.17. The number of fused-ring (bicyclic) bond motifs is 5. The van der Waals surface area contributed by atoms with Gasteiger partial charge in [0.05, 0.1) is 32.0 Å². The van der Waals surface area contributed by atoms with Gasteiger partial charge >= 0.3 is 6.09 Å². The summed E-state index contributed by atoms with van der Waals surface area (Å²) < 4.78 is 10.3. The molecule has 0 bridgehead atoms. The van der Waals surface area contributed by atoms with Gasteiger partial charge in [0, 0.05) is 11.3 Å². The Hall–Kier alpha value is -2.77. The number of carbonyl (C=O) groups is 2. The maximum Gasteiger partial charge on any atom is 0.408 e. The fourth-order valence-corrected chi connectivity index (χ4v) is 9.99. The van der Waals surface area contributed by atoms with Gasteiger partial charge < -0.3 is 30.3 Å². The van der Waals surface area contributed by atoms with Gasteiger partial charge in [-0.1, -0.05) is 32.0 Å². The molecule has 0 radical (unpaired) electrons. The molecule has 11 atom stereocenters. The van der Waals surface area contributed by atoms with E-state index in [2.05, 4.69) is 47.4 Å². The maximum atomic E-state index is 12.6. The van der Waals surface area contributed by atoms with Crippen LogP contribution in [0.2, 0.25) is 0 Å². The lowest BCUT2D eigenvalue weighted by Gasteiger charge is -2.62. The van der Waals surface area contributed by atoms with Gasteiger partial charge in [-0.2, -0.15) is 0 Å². The van der Waals surface area contributed by atoms with Gasteiger partial charge in [-0.05, 0) is 122 Å². The third-order valence-electron chi connectivity index (χ3n) is 12.3. The van der Waals surface area contributed by atoms with E-state index in [-0.39, 0.29) is 42.8 Å². The fourth-order valence-electron chi connectivity index (χ4n) is 9.99. The van der Waals surface area contributed by atoms with Crippen molar-refractivity contribution in [3.8, 4) is 12.3 Å². The number of allylic oxidation sites excluding steroid dienone is 1. The summed E-state index contributed by atoms with van der Waals surface area (Å²) in [7, 11) is 0. The molecule has 0 aromatic carbocycles. The van der Waals surface area contributed by atoms with Crippen LogP contribution in [0.25, 0.3) is 10.4 Å². The van der Waals surface area contributed by atoms with Crippen molar-refractivity contribution in [2.75, 3.05) is 26.4 Å². The molecular weight excluding hydrogens is 586 g/mol. The lowest BCUT2D eigenvalue weighted by atomic mass is 9.43. The molecule has 2 amide bonds. The Morgan fingerprint density at radius 2 is 1.91 bits per heavy atom. The predicted molar refractivity (Wildman–Crippen MR) is 175 cm³/mol. The zero-order valence-electron chi connectivity index (χ0n) is 27.9. The molecule has 11 unspecified atom stereocenters. The average Bonchev–Trinajstić information content (AvgIpc) is 3.39. The Labute approximate surface area is 274 Å². The summed E-state index contributed by atoms with van der Waals surface area (Å²) >= 11 is 0. The van der Waals surface area contributed by atoms with Crippen molar-refractivity contribution in [1.29, 1.82) is 0 Å². The summed E-state index contributed by atoms with van der Waals surface area (Å²) in [4.78, 5) is 27.4. The maximum absolute atomic E-state index is 12.6. The summed E-state index contributed by atoms with van der Waals surface area (Å²) in [6.45, 7) is 7.50. The lowest BCUT2D eigenvalue weighted by molar-refractivity contribution is -0.174. The number of alkyl carbamates (subject to hydrolysis) is 1. The van der Waals surface area contributed by atoms with Gasteiger partial charge in [-0.3, -0.25) is 4.79 Å². The van der Waals surface area contributed by atoms with Crippen molar-refractivity contribution in [3.05, 3.63) is 22.6 Å². The van der Waals surface area contributed by atoms with Crippen molar-refractivity contribution < 1.29 is 29.3 Å². The Balaban J connectivity index is 1.25. The molecule has 0 aromatic rings. The number of hydrogen-bond donors (Lipinski definition) is 4. The molecule has 11 nitrogen and oxygen atoms in total. The van der Waals surface area contributed by atoms with Crippen LogP contribution in [0.3, 0.4) is 0 Å². The number of aliphatic hydroxyl groups is 2. The normalized spacial score (nSPS) is 36.2. The van der Waals surface area contributed by atoms with E-state index in [1.165, 1.54) is 25.3 Å². The first-order valence-corrected chi connectivity index (χ1v) is 17.3. The first kappa shape index (κ1) is 36.1. The van der Waals surface area contributed by atoms with E-state index >= 15 is 0 Å². The minimum absolute atomic E-state index is 0.0145. The van der Waals surface area contributed by atoms with Crippen LogP contribution in [0.1, 0.15) is 91.4 Å². The zero-order valence-corrected chi connectivity index (χ0v) is 27.9. The second-order valence-electron chi connectivity index (χ2n) is 14.7. The first-order valence-electron chi connectivity index (χ1n) is 17.3. The highest BCUT2D eigenvalue weighted by molar-refractivity contribution is 5.88. The molecule has 4 saturated carbocycles. The monoisotopic (exact) mass is 641 g/mol. The molecule has 0 saturated heterocycles. The third kappa shape index (κ3) is 8.20. The molecule has 0 heterocycles. The second kappa shape index (κ2) is 16.4. The number of amides is 2. The Bertz CT molecular complexity index is 1170. The van der Waals surface area contributed by atoms with Crippen LogP contribution in [0.15, 0.2) is 17.3 Å². The number of carbonyl (C=O) groups excluding carboxylic acids is 2. The van der Waals surface area contributed by atoms with Crippen LogP contribution in [-0.2, 0) is 14.3 Å². The molecule has 4 aliphatic carbocycles. The molecule has 46 heavy (non-hydrogen) atoms. The van der Waals surface area contributed by atoms with Crippen LogP contribution in [0, 0.1) is 58.7 Å². The molecule has 4 fully saturated rings. The average molecular weight is 642 g/mol. The van der Waals surface area contributed by atoms with E-state index in [0.717, 1.165) is 38.5 Å². The van der Waals surface area contributed by atoms with E-state index < -0.39 is 18.2 Å². The Morgan fingerprint density at radius 1 is 1.11 bits per heavy atom. The number of rotatable bonds is 14. The van der Waals surface area contributed by atoms with E-state index in [1.807, 2.05) is 6.08 Å². The SMILES string of the molecule is C#CCCOCCOC(=O)NC(CN=[N+]=[N-])NC(=O)C=CCCC(C)C1CCC2C3CCC4CC(O)CCC4(C)C3CC(O)C12C. The summed E-state index contributed by atoms with van der Waals surface area (Å²) in [6, 6.07) is 0. The van der Waals surface area contributed by atoms with Gasteiger partial charge in [-0.25, -0.2) is 4.79 Å². The molecule has 0 aromatic heterocycles. The molecule has 4 N–H and O–H groups in total. The van der Waals surface area contributed by atoms with Gasteiger partial charge in [-0.15, -0.1) is 12.3 Å². The van der Waals surface area contributed by atoms with Gasteiger partial charge in [0.2, 0.25) is 5.91 Å². The third-order valence-corrected chi connectivity index (χ3v) is 12.3. The Morgan fingerprint density at radius 3 is 2.67 bits per heavy atom. The minimum atomic E-state index is -0.926. The molecule has 0 spiro atoms. The molecule has 4 rings (SSSR count). The smallest absolute Gasteiger partial charge is 0.408 e. The largest absolute Gasteiger partial charge is 0.447 e. The van der Waals surface area contributed by atoms with Gasteiger partial charge in [0.15, 0.2) is 0 Å². The van der Waals surface area contributed by atoms with Crippen molar-refractivity contribution in [2.24, 2.45) is 51.5 Å². The molecule has 4 aliphatic rings. The van der Waals surface area contributed by atoms with Crippen LogP contribution in [0.5, 0.6) is 0 Å². The highest BCUT2D eigenvalue weighted by Crippen LogP contribution is 2.68. The van der Waals surface area contributed by atoms with E-state index in [4.69, 9.17) is 21.4 Å².